The predicted octanol–water partition coefficient (Wildman–Crippen LogP) is 4.72. The lowest BCUT2D eigenvalue weighted by Crippen LogP contribution is -2.43. The van der Waals surface area contributed by atoms with Gasteiger partial charge in [-0.25, -0.2) is 4.39 Å². The van der Waals surface area contributed by atoms with Gasteiger partial charge < -0.3 is 10.1 Å². The average molecular weight is 410 g/mol. The molecule has 0 saturated heterocycles. The number of ether oxygens (including phenoxy) is 1. The standard InChI is InChI=1S/C23H17ClFNO3/c24-16-8-6-15(7-9-16)22(14-4-2-1-3-5-14)26-23(28)21-13-19(27)18-12-17(25)10-11-20(18)29-21/h1-12,21-22H,13H2,(H,26,28)/t21?,22-/m1/s1. The third kappa shape index (κ3) is 4.15. The van der Waals surface area contributed by atoms with Crippen molar-refractivity contribution in [2.75, 3.05) is 0 Å². The maximum atomic E-state index is 13.4. The van der Waals surface area contributed by atoms with E-state index < -0.39 is 23.9 Å². The number of hydrogen-bond acceptors (Lipinski definition) is 3. The van der Waals surface area contributed by atoms with Crippen LogP contribution in [0.2, 0.25) is 5.02 Å². The summed E-state index contributed by atoms with van der Waals surface area (Å²) in [6.07, 6.45) is -1.14. The lowest BCUT2D eigenvalue weighted by molar-refractivity contribution is -0.128. The molecule has 4 nitrogen and oxygen atoms in total. The Bertz CT molecular complexity index is 1050. The fraction of sp³-hybridized carbons (Fsp3) is 0.130. The Labute approximate surface area is 172 Å². The first-order valence-electron chi connectivity index (χ1n) is 9.11. The Hall–Kier alpha value is -3.18. The lowest BCUT2D eigenvalue weighted by atomic mass is 9.97. The molecular weight excluding hydrogens is 393 g/mol. The highest BCUT2D eigenvalue weighted by atomic mass is 35.5. The summed E-state index contributed by atoms with van der Waals surface area (Å²) in [6.45, 7) is 0. The van der Waals surface area contributed by atoms with Crippen molar-refractivity contribution < 1.29 is 18.7 Å². The molecule has 0 spiro atoms. The van der Waals surface area contributed by atoms with Gasteiger partial charge in [0.25, 0.3) is 5.91 Å². The molecule has 1 heterocycles. The minimum Gasteiger partial charge on any atom is -0.479 e. The van der Waals surface area contributed by atoms with E-state index in [2.05, 4.69) is 5.32 Å². The number of hydrogen-bond donors (Lipinski definition) is 1. The van der Waals surface area contributed by atoms with Crippen LogP contribution in [0.5, 0.6) is 5.75 Å². The number of rotatable bonds is 4. The minimum atomic E-state index is -0.987. The highest BCUT2D eigenvalue weighted by molar-refractivity contribution is 6.30. The van der Waals surface area contributed by atoms with Crippen LogP contribution < -0.4 is 10.1 Å². The number of ketones is 1. The molecule has 146 valence electrons. The molecule has 0 aromatic heterocycles. The Balaban J connectivity index is 1.59. The largest absolute Gasteiger partial charge is 0.479 e. The number of carbonyl (C=O) groups is 2. The summed E-state index contributed by atoms with van der Waals surface area (Å²) in [5.41, 5.74) is 1.89. The maximum absolute atomic E-state index is 13.4. The van der Waals surface area contributed by atoms with E-state index in [1.807, 2.05) is 42.5 Å². The number of benzene rings is 3. The zero-order valence-electron chi connectivity index (χ0n) is 15.3. The second-order valence-electron chi connectivity index (χ2n) is 6.78. The first-order valence-corrected chi connectivity index (χ1v) is 9.49. The summed E-state index contributed by atoms with van der Waals surface area (Å²) in [7, 11) is 0. The molecule has 1 amide bonds. The average Bonchev–Trinajstić information content (AvgIpc) is 2.73. The van der Waals surface area contributed by atoms with Crippen LogP contribution in [0.3, 0.4) is 0 Å². The SMILES string of the molecule is O=C1CC(C(=O)N[C@H](c2ccccc2)c2ccc(Cl)cc2)Oc2ccc(F)cc21. The van der Waals surface area contributed by atoms with E-state index in [9.17, 15) is 14.0 Å². The van der Waals surface area contributed by atoms with Gasteiger partial charge in [-0.05, 0) is 41.5 Å². The van der Waals surface area contributed by atoms with Gasteiger partial charge in [0.05, 0.1) is 18.0 Å². The molecule has 1 aliphatic heterocycles. The molecule has 0 radical (unpaired) electrons. The van der Waals surface area contributed by atoms with E-state index in [-0.39, 0.29) is 23.5 Å². The van der Waals surface area contributed by atoms with Gasteiger partial charge >= 0.3 is 0 Å². The number of Topliss-reactive ketones (excluding diaryl/α,β-unsaturated/α-hetero) is 1. The van der Waals surface area contributed by atoms with Crippen molar-refractivity contribution in [2.45, 2.75) is 18.6 Å². The van der Waals surface area contributed by atoms with Crippen LogP contribution in [0, 0.1) is 5.82 Å². The van der Waals surface area contributed by atoms with Crippen molar-refractivity contribution in [1.82, 2.24) is 5.32 Å². The predicted molar refractivity (Wildman–Crippen MR) is 108 cm³/mol. The maximum Gasteiger partial charge on any atom is 0.262 e. The molecule has 3 aromatic carbocycles. The molecule has 3 aromatic rings. The Morgan fingerprint density at radius 3 is 2.45 bits per heavy atom. The third-order valence-corrected chi connectivity index (χ3v) is 5.05. The number of fused-ring (bicyclic) bond motifs is 1. The molecular formula is C23H17ClFNO3. The Morgan fingerprint density at radius 1 is 1.03 bits per heavy atom. The van der Waals surface area contributed by atoms with Crippen molar-refractivity contribution in [3.8, 4) is 5.75 Å². The molecule has 1 aliphatic rings. The fourth-order valence-corrected chi connectivity index (χ4v) is 3.46. The minimum absolute atomic E-state index is 0.148. The summed E-state index contributed by atoms with van der Waals surface area (Å²) in [6, 6.07) is 19.9. The highest BCUT2D eigenvalue weighted by Gasteiger charge is 2.33. The van der Waals surface area contributed by atoms with Gasteiger partial charge in [0.2, 0.25) is 0 Å². The smallest absolute Gasteiger partial charge is 0.262 e. The second kappa shape index (κ2) is 8.05. The zero-order valence-corrected chi connectivity index (χ0v) is 16.0. The van der Waals surface area contributed by atoms with Crippen LogP contribution in [0.25, 0.3) is 0 Å². The summed E-state index contributed by atoms with van der Waals surface area (Å²) < 4.78 is 19.1. The second-order valence-corrected chi connectivity index (χ2v) is 7.21. The van der Waals surface area contributed by atoms with Crippen molar-refractivity contribution in [1.29, 1.82) is 0 Å². The lowest BCUT2D eigenvalue weighted by Gasteiger charge is -2.27. The molecule has 4 rings (SSSR count). The van der Waals surface area contributed by atoms with E-state index in [4.69, 9.17) is 16.3 Å². The van der Waals surface area contributed by atoms with Gasteiger partial charge in [0, 0.05) is 5.02 Å². The van der Waals surface area contributed by atoms with Gasteiger partial charge in [0.15, 0.2) is 11.9 Å². The molecule has 0 saturated carbocycles. The Kier molecular flexibility index (Phi) is 5.32. The van der Waals surface area contributed by atoms with Crippen molar-refractivity contribution in [2.24, 2.45) is 0 Å². The van der Waals surface area contributed by atoms with E-state index in [1.54, 1.807) is 12.1 Å². The van der Waals surface area contributed by atoms with E-state index in [1.165, 1.54) is 12.1 Å². The molecule has 0 bridgehead atoms. The number of halogens is 2. The van der Waals surface area contributed by atoms with E-state index >= 15 is 0 Å². The number of carbonyl (C=O) groups excluding carboxylic acids is 2. The fourth-order valence-electron chi connectivity index (χ4n) is 3.34. The normalized spacial score (nSPS) is 16.5. The first kappa shape index (κ1) is 19.2. The van der Waals surface area contributed by atoms with E-state index in [0.717, 1.165) is 17.2 Å². The monoisotopic (exact) mass is 409 g/mol. The van der Waals surface area contributed by atoms with Crippen LogP contribution in [0.4, 0.5) is 4.39 Å². The molecule has 1 unspecified atom stereocenters. The van der Waals surface area contributed by atoms with Gasteiger partial charge in [-0.3, -0.25) is 9.59 Å². The topological polar surface area (TPSA) is 55.4 Å². The molecule has 0 aliphatic carbocycles. The molecule has 29 heavy (non-hydrogen) atoms. The summed E-state index contributed by atoms with van der Waals surface area (Å²) in [5.74, 6) is -1.05. The van der Waals surface area contributed by atoms with Crippen molar-refractivity contribution in [3.05, 3.63) is 100 Å². The van der Waals surface area contributed by atoms with Crippen LogP contribution in [-0.2, 0) is 4.79 Å². The van der Waals surface area contributed by atoms with Crippen LogP contribution in [0.1, 0.15) is 33.9 Å². The molecule has 1 N–H and O–H groups in total. The summed E-state index contributed by atoms with van der Waals surface area (Å²) >= 11 is 5.99. The third-order valence-electron chi connectivity index (χ3n) is 4.80. The molecule has 6 heteroatoms. The van der Waals surface area contributed by atoms with Gasteiger partial charge in [-0.2, -0.15) is 0 Å². The molecule has 2 atom stereocenters. The van der Waals surface area contributed by atoms with Gasteiger partial charge in [0.1, 0.15) is 11.6 Å². The first-order chi connectivity index (χ1) is 14.0. The highest BCUT2D eigenvalue weighted by Crippen LogP contribution is 2.29. The van der Waals surface area contributed by atoms with Crippen LogP contribution in [0.15, 0.2) is 72.8 Å². The van der Waals surface area contributed by atoms with E-state index in [0.29, 0.717) is 5.02 Å². The number of nitrogens with one attached hydrogen (secondary N) is 1. The Morgan fingerprint density at radius 2 is 1.72 bits per heavy atom. The summed E-state index contributed by atoms with van der Waals surface area (Å²) in [5, 5.41) is 3.56. The van der Waals surface area contributed by atoms with Crippen molar-refractivity contribution >= 4 is 23.3 Å². The number of amides is 1. The van der Waals surface area contributed by atoms with Gasteiger partial charge in [-0.15, -0.1) is 0 Å². The van der Waals surface area contributed by atoms with Crippen molar-refractivity contribution in [3.63, 3.8) is 0 Å². The quantitative estimate of drug-likeness (QED) is 0.678. The molecule has 0 fully saturated rings. The van der Waals surface area contributed by atoms with Crippen LogP contribution in [-0.4, -0.2) is 17.8 Å². The van der Waals surface area contributed by atoms with Crippen LogP contribution >= 0.6 is 11.6 Å². The zero-order chi connectivity index (χ0) is 20.4. The van der Waals surface area contributed by atoms with Gasteiger partial charge in [-0.1, -0.05) is 54.1 Å². The summed E-state index contributed by atoms with van der Waals surface area (Å²) in [4.78, 5) is 25.3.